The van der Waals surface area contributed by atoms with Crippen LogP contribution in [0.1, 0.15) is 35.1 Å². The number of ether oxygens (including phenoxy) is 1. The standard InChI is InChI=1S/C20H23FN2O2/c1-23(2)11-3-10-20(17-5-7-18(21)8-6-17)19-9-4-15(13-22-24)12-16(19)14-25-20/h4-9,12-13,24H,3,10-11,14H2,1-2H3. The predicted octanol–water partition coefficient (Wildman–Crippen LogP) is 3.75. The molecule has 1 N–H and O–H groups in total. The van der Waals surface area contributed by atoms with Gasteiger partial charge in [0, 0.05) is 0 Å². The van der Waals surface area contributed by atoms with E-state index < -0.39 is 5.60 Å². The minimum Gasteiger partial charge on any atom is -0.411 e. The molecule has 132 valence electrons. The summed E-state index contributed by atoms with van der Waals surface area (Å²) in [7, 11) is 4.10. The van der Waals surface area contributed by atoms with Gasteiger partial charge in [-0.1, -0.05) is 29.4 Å². The highest BCUT2D eigenvalue weighted by molar-refractivity contribution is 5.79. The fraction of sp³-hybridized carbons (Fsp3) is 0.350. The van der Waals surface area contributed by atoms with Crippen molar-refractivity contribution in [1.29, 1.82) is 0 Å². The lowest BCUT2D eigenvalue weighted by molar-refractivity contribution is -0.0140. The van der Waals surface area contributed by atoms with Crippen molar-refractivity contribution in [2.45, 2.75) is 25.0 Å². The molecule has 0 fully saturated rings. The molecular formula is C20H23FN2O2. The molecule has 0 radical (unpaired) electrons. The van der Waals surface area contributed by atoms with Crippen molar-refractivity contribution in [1.82, 2.24) is 4.90 Å². The van der Waals surface area contributed by atoms with Crippen LogP contribution in [-0.4, -0.2) is 37.0 Å². The van der Waals surface area contributed by atoms with Crippen LogP contribution < -0.4 is 0 Å². The van der Waals surface area contributed by atoms with Gasteiger partial charge < -0.3 is 14.8 Å². The van der Waals surface area contributed by atoms with Gasteiger partial charge in [0.05, 0.1) is 12.8 Å². The molecule has 1 atom stereocenters. The summed E-state index contributed by atoms with van der Waals surface area (Å²) in [6.07, 6.45) is 3.19. The summed E-state index contributed by atoms with van der Waals surface area (Å²) in [5.74, 6) is -0.250. The summed E-state index contributed by atoms with van der Waals surface area (Å²) in [5, 5.41) is 11.8. The summed E-state index contributed by atoms with van der Waals surface area (Å²) in [5.41, 5.74) is 3.41. The first-order valence-corrected chi connectivity index (χ1v) is 8.41. The first-order chi connectivity index (χ1) is 12.0. The SMILES string of the molecule is CN(C)CCCC1(c2ccc(F)cc2)OCc2cc(C=NO)ccc21. The number of hydrogen-bond acceptors (Lipinski definition) is 4. The molecule has 4 nitrogen and oxygen atoms in total. The van der Waals surface area contributed by atoms with Gasteiger partial charge in [0.25, 0.3) is 0 Å². The van der Waals surface area contributed by atoms with E-state index in [0.29, 0.717) is 6.61 Å². The summed E-state index contributed by atoms with van der Waals surface area (Å²) >= 11 is 0. The molecule has 0 amide bonds. The Labute approximate surface area is 147 Å². The lowest BCUT2D eigenvalue weighted by Gasteiger charge is -2.31. The van der Waals surface area contributed by atoms with E-state index in [1.54, 1.807) is 0 Å². The Morgan fingerprint density at radius 2 is 2.00 bits per heavy atom. The van der Waals surface area contributed by atoms with Crippen LogP contribution in [0, 0.1) is 5.82 Å². The quantitative estimate of drug-likeness (QED) is 0.494. The lowest BCUT2D eigenvalue weighted by Crippen LogP contribution is -2.28. The number of oxime groups is 1. The Bertz CT molecular complexity index is 759. The molecule has 5 heteroatoms. The van der Waals surface area contributed by atoms with Crippen molar-refractivity contribution in [3.05, 3.63) is 70.5 Å². The Balaban J connectivity index is 2.00. The zero-order chi connectivity index (χ0) is 17.9. The van der Waals surface area contributed by atoms with Crippen LogP contribution in [0.5, 0.6) is 0 Å². The van der Waals surface area contributed by atoms with Crippen molar-refractivity contribution in [2.24, 2.45) is 5.16 Å². The van der Waals surface area contributed by atoms with Crippen molar-refractivity contribution in [3.8, 4) is 0 Å². The van der Waals surface area contributed by atoms with Gasteiger partial charge in [-0.3, -0.25) is 0 Å². The van der Waals surface area contributed by atoms with Crippen molar-refractivity contribution >= 4 is 6.21 Å². The van der Waals surface area contributed by atoms with E-state index >= 15 is 0 Å². The highest BCUT2D eigenvalue weighted by Gasteiger charge is 2.41. The third kappa shape index (κ3) is 3.57. The smallest absolute Gasteiger partial charge is 0.123 e. The predicted molar refractivity (Wildman–Crippen MR) is 95.6 cm³/mol. The highest BCUT2D eigenvalue weighted by Crippen LogP contribution is 2.45. The third-order valence-corrected chi connectivity index (χ3v) is 4.69. The number of nitrogens with zero attached hydrogens (tertiary/aromatic N) is 2. The molecular weight excluding hydrogens is 319 g/mol. The first kappa shape index (κ1) is 17.6. The molecule has 1 aliphatic rings. The second-order valence-corrected chi connectivity index (χ2v) is 6.69. The van der Waals surface area contributed by atoms with Gasteiger partial charge in [-0.15, -0.1) is 0 Å². The lowest BCUT2D eigenvalue weighted by atomic mass is 9.81. The number of halogens is 1. The molecule has 25 heavy (non-hydrogen) atoms. The van der Waals surface area contributed by atoms with Gasteiger partial charge in [0.1, 0.15) is 11.4 Å². The van der Waals surface area contributed by atoms with Gasteiger partial charge in [0.15, 0.2) is 0 Å². The molecule has 3 rings (SSSR count). The van der Waals surface area contributed by atoms with Crippen LogP contribution in [0.2, 0.25) is 0 Å². The fourth-order valence-electron chi connectivity index (χ4n) is 3.51. The summed E-state index contributed by atoms with van der Waals surface area (Å²) in [6, 6.07) is 12.5. The summed E-state index contributed by atoms with van der Waals surface area (Å²) in [4.78, 5) is 2.15. The average molecular weight is 342 g/mol. The number of fused-ring (bicyclic) bond motifs is 1. The Morgan fingerprint density at radius 1 is 1.24 bits per heavy atom. The third-order valence-electron chi connectivity index (χ3n) is 4.69. The Hall–Kier alpha value is -2.24. The molecule has 2 aromatic carbocycles. The topological polar surface area (TPSA) is 45.1 Å². The molecule has 0 saturated heterocycles. The molecule has 1 aliphatic heterocycles. The maximum absolute atomic E-state index is 13.4. The maximum Gasteiger partial charge on any atom is 0.123 e. The van der Waals surface area contributed by atoms with Gasteiger partial charge in [0.2, 0.25) is 0 Å². The first-order valence-electron chi connectivity index (χ1n) is 8.41. The van der Waals surface area contributed by atoms with Gasteiger partial charge >= 0.3 is 0 Å². The molecule has 2 aromatic rings. The molecule has 0 spiro atoms. The van der Waals surface area contributed by atoms with Crippen molar-refractivity contribution in [2.75, 3.05) is 20.6 Å². The van der Waals surface area contributed by atoms with Crippen LogP contribution >= 0.6 is 0 Å². The van der Waals surface area contributed by atoms with E-state index in [-0.39, 0.29) is 5.82 Å². The Kier molecular flexibility index (Phi) is 5.16. The molecule has 1 heterocycles. The van der Waals surface area contributed by atoms with Crippen LogP contribution in [0.4, 0.5) is 4.39 Å². The molecule has 0 bridgehead atoms. The van der Waals surface area contributed by atoms with Crippen molar-refractivity contribution < 1.29 is 14.3 Å². The summed E-state index contributed by atoms with van der Waals surface area (Å²) < 4.78 is 19.7. The summed E-state index contributed by atoms with van der Waals surface area (Å²) in [6.45, 7) is 1.44. The van der Waals surface area contributed by atoms with Gasteiger partial charge in [-0.05, 0) is 73.9 Å². The fourth-order valence-corrected chi connectivity index (χ4v) is 3.51. The second kappa shape index (κ2) is 7.33. The molecule has 0 aromatic heterocycles. The van der Waals surface area contributed by atoms with Crippen LogP contribution in [0.25, 0.3) is 0 Å². The van der Waals surface area contributed by atoms with Crippen LogP contribution in [-0.2, 0) is 16.9 Å². The van der Waals surface area contributed by atoms with Gasteiger partial charge in [-0.25, -0.2) is 4.39 Å². The number of benzene rings is 2. The van der Waals surface area contributed by atoms with E-state index in [9.17, 15) is 4.39 Å². The van der Waals surface area contributed by atoms with E-state index in [4.69, 9.17) is 9.94 Å². The van der Waals surface area contributed by atoms with E-state index in [2.05, 4.69) is 24.2 Å². The zero-order valence-corrected chi connectivity index (χ0v) is 14.6. The normalized spacial score (nSPS) is 19.7. The van der Waals surface area contributed by atoms with Crippen LogP contribution in [0.3, 0.4) is 0 Å². The van der Waals surface area contributed by atoms with E-state index in [1.807, 2.05) is 30.3 Å². The second-order valence-electron chi connectivity index (χ2n) is 6.69. The van der Waals surface area contributed by atoms with Crippen LogP contribution in [0.15, 0.2) is 47.6 Å². The minimum atomic E-state index is -0.562. The number of hydrogen-bond donors (Lipinski definition) is 1. The maximum atomic E-state index is 13.4. The minimum absolute atomic E-state index is 0.250. The largest absolute Gasteiger partial charge is 0.411 e. The molecule has 0 aliphatic carbocycles. The van der Waals surface area contributed by atoms with Gasteiger partial charge in [-0.2, -0.15) is 0 Å². The monoisotopic (exact) mass is 342 g/mol. The Morgan fingerprint density at radius 3 is 2.68 bits per heavy atom. The highest BCUT2D eigenvalue weighted by atomic mass is 19.1. The van der Waals surface area contributed by atoms with E-state index in [0.717, 1.165) is 41.6 Å². The molecule has 0 saturated carbocycles. The van der Waals surface area contributed by atoms with Crippen molar-refractivity contribution in [3.63, 3.8) is 0 Å². The zero-order valence-electron chi connectivity index (χ0n) is 14.6. The molecule has 1 unspecified atom stereocenters. The van der Waals surface area contributed by atoms with E-state index in [1.165, 1.54) is 18.3 Å². The number of rotatable bonds is 6. The average Bonchev–Trinajstić information content (AvgIpc) is 2.95.